The van der Waals surface area contributed by atoms with Gasteiger partial charge < -0.3 is 39.2 Å². The van der Waals surface area contributed by atoms with E-state index < -0.39 is 100 Å². The number of ketones is 1. The van der Waals surface area contributed by atoms with E-state index in [1.807, 2.05) is 0 Å². The maximum atomic E-state index is 15.5. The highest BCUT2D eigenvalue weighted by Crippen LogP contribution is 2.64. The molecule has 3 aromatic rings. The Morgan fingerprint density at radius 1 is 0.852 bits per heavy atom. The van der Waals surface area contributed by atoms with Crippen molar-refractivity contribution in [2.24, 2.45) is 16.7 Å². The summed E-state index contributed by atoms with van der Waals surface area (Å²) in [6.45, 7) is 8.16. The van der Waals surface area contributed by atoms with E-state index >= 15 is 4.79 Å². The van der Waals surface area contributed by atoms with Gasteiger partial charge >= 0.3 is 23.9 Å². The summed E-state index contributed by atoms with van der Waals surface area (Å²) >= 11 is 0. The third kappa shape index (κ3) is 7.34. The van der Waals surface area contributed by atoms with Crippen LogP contribution in [0.1, 0.15) is 80.7 Å². The number of hydrogen-bond donors (Lipinski definition) is 3. The SMILES string of the molecule is CC(=O)O[C@H]1C(=O)[C@@]2(C)[C@H]([C@H](OC(=O)c3ccccc3)[C@]3(O)C[C@H](OC(=O)/C=C(\NC(=O)c4ccccc4)c4ccncc4)C(C)=C1C3(C)C)[C@]1(OC(C)=O)CO[C@@H]1C[C@@H]2O. The van der Waals surface area contributed by atoms with Gasteiger partial charge in [-0.25, -0.2) is 9.59 Å². The lowest BCUT2D eigenvalue weighted by Gasteiger charge is -2.67. The van der Waals surface area contributed by atoms with Crippen LogP contribution in [0.15, 0.2) is 102 Å². The first-order chi connectivity index (χ1) is 28.8. The van der Waals surface area contributed by atoms with E-state index in [9.17, 15) is 34.2 Å². The second-order valence-electron chi connectivity index (χ2n) is 16.8. The van der Waals surface area contributed by atoms with Gasteiger partial charge in [0.15, 0.2) is 17.5 Å². The lowest BCUT2D eigenvalue weighted by atomic mass is 9.44. The van der Waals surface area contributed by atoms with Crippen LogP contribution in [0.25, 0.3) is 5.70 Å². The first kappa shape index (κ1) is 43.1. The molecular formula is C46H48N2O13. The monoisotopic (exact) mass is 836 g/mol. The first-order valence-corrected chi connectivity index (χ1v) is 19.9. The lowest BCUT2D eigenvalue weighted by molar-refractivity contribution is -0.346. The van der Waals surface area contributed by atoms with Gasteiger partial charge in [-0.1, -0.05) is 50.2 Å². The standard InChI is InChI=1S/C46H48N2O13/c1-25-32(59-35(52)21-31(28-17-19-47-20-18-28)48-41(54)29-13-9-7-10-14-29)23-46(56)40(60-42(55)30-15-11-8-12-16-30)38-44(6,33(51)22-34-45(38,24-57-34)61-27(3)50)39(53)37(58-26(2)49)36(25)43(46,4)5/h7-21,32-34,37-38,40,51,56H,22-24H2,1-6H3,(H,48,54)/b31-21-/t32-,33-,34+,37+,38-,40-,44+,45-,46+/m0/s1. The highest BCUT2D eigenvalue weighted by atomic mass is 16.6. The van der Waals surface area contributed by atoms with Crippen molar-refractivity contribution in [3.05, 3.63) is 119 Å². The summed E-state index contributed by atoms with van der Waals surface area (Å²) in [6, 6.07) is 19.4. The molecule has 7 rings (SSSR count). The average Bonchev–Trinajstić information content (AvgIpc) is 3.22. The van der Waals surface area contributed by atoms with Gasteiger partial charge in [-0.15, -0.1) is 0 Å². The number of benzene rings is 2. The number of carbonyl (C=O) groups excluding carboxylic acids is 6. The number of amides is 1. The molecule has 4 aliphatic rings. The van der Waals surface area contributed by atoms with Crippen molar-refractivity contribution in [2.45, 2.75) is 96.1 Å². The Bertz CT molecular complexity index is 2310. The molecule has 1 amide bonds. The van der Waals surface area contributed by atoms with E-state index in [0.29, 0.717) is 11.1 Å². The number of rotatable bonds is 9. The normalized spacial score (nSPS) is 31.4. The van der Waals surface area contributed by atoms with Gasteiger partial charge in [-0.3, -0.25) is 24.2 Å². The Hall–Kier alpha value is -6.03. The number of aliphatic hydroxyl groups excluding tert-OH is 1. The van der Waals surface area contributed by atoms with Crippen LogP contribution < -0.4 is 5.32 Å². The Balaban J connectivity index is 1.41. The third-order valence-corrected chi connectivity index (χ3v) is 13.0. The molecule has 61 heavy (non-hydrogen) atoms. The van der Waals surface area contributed by atoms with Gasteiger partial charge in [0.2, 0.25) is 0 Å². The van der Waals surface area contributed by atoms with Crippen molar-refractivity contribution >= 4 is 41.3 Å². The minimum absolute atomic E-state index is 0.0520. The Morgan fingerprint density at radius 2 is 1.48 bits per heavy atom. The number of carbonyl (C=O) groups is 6. The van der Waals surface area contributed by atoms with E-state index in [-0.39, 0.29) is 35.4 Å². The fourth-order valence-electron chi connectivity index (χ4n) is 9.82. The van der Waals surface area contributed by atoms with E-state index in [2.05, 4.69) is 10.3 Å². The average molecular weight is 837 g/mol. The van der Waals surface area contributed by atoms with Crippen molar-refractivity contribution in [3.63, 3.8) is 0 Å². The number of nitrogens with one attached hydrogen (secondary N) is 1. The molecule has 320 valence electrons. The van der Waals surface area contributed by atoms with Gasteiger partial charge in [0.25, 0.3) is 5.91 Å². The van der Waals surface area contributed by atoms with Crippen LogP contribution in [-0.2, 0) is 42.9 Å². The number of fused-ring (bicyclic) bond motifs is 5. The molecule has 15 nitrogen and oxygen atoms in total. The van der Waals surface area contributed by atoms with Gasteiger partial charge in [0.05, 0.1) is 35.3 Å². The van der Waals surface area contributed by atoms with Gasteiger partial charge in [0.1, 0.15) is 23.9 Å². The van der Waals surface area contributed by atoms with Crippen molar-refractivity contribution in [1.82, 2.24) is 10.3 Å². The minimum atomic E-state index is -2.33. The third-order valence-electron chi connectivity index (χ3n) is 13.0. The maximum absolute atomic E-state index is 15.5. The molecule has 2 bridgehead atoms. The first-order valence-electron chi connectivity index (χ1n) is 19.9. The lowest BCUT2D eigenvalue weighted by Crippen LogP contribution is -2.82. The predicted octanol–water partition coefficient (Wildman–Crippen LogP) is 4.07. The summed E-state index contributed by atoms with van der Waals surface area (Å²) in [6.07, 6.45) is -4.10. The quantitative estimate of drug-likeness (QED) is 0.120. The number of aromatic nitrogens is 1. The minimum Gasteiger partial charge on any atom is -0.455 e. The molecule has 1 aromatic heterocycles. The molecule has 1 aliphatic heterocycles. The summed E-state index contributed by atoms with van der Waals surface area (Å²) in [7, 11) is 0. The highest BCUT2D eigenvalue weighted by molar-refractivity contribution is 6.02. The highest BCUT2D eigenvalue weighted by Gasteiger charge is 2.78. The van der Waals surface area contributed by atoms with E-state index in [0.717, 1.165) is 13.0 Å². The summed E-state index contributed by atoms with van der Waals surface area (Å²) < 4.78 is 30.4. The number of nitrogens with zero attached hydrogens (tertiary/aromatic N) is 1. The predicted molar refractivity (Wildman–Crippen MR) is 215 cm³/mol. The molecule has 3 fully saturated rings. The molecule has 0 radical (unpaired) electrons. The fourth-order valence-corrected chi connectivity index (χ4v) is 9.82. The zero-order valence-corrected chi connectivity index (χ0v) is 34.6. The topological polar surface area (TPSA) is 214 Å². The van der Waals surface area contributed by atoms with Crippen LogP contribution in [0.2, 0.25) is 0 Å². The van der Waals surface area contributed by atoms with Crippen LogP contribution in [-0.4, -0.2) is 99.1 Å². The Morgan fingerprint density at radius 3 is 2.05 bits per heavy atom. The number of pyridine rings is 1. The Kier molecular flexibility index (Phi) is 11.4. The van der Waals surface area contributed by atoms with E-state index in [4.69, 9.17) is 23.7 Å². The van der Waals surface area contributed by atoms with Gasteiger partial charge in [-0.05, 0) is 61.4 Å². The molecule has 15 heteroatoms. The fraction of sp³-hybridized carbons (Fsp3) is 0.413. The molecule has 0 spiro atoms. The van der Waals surface area contributed by atoms with Crippen molar-refractivity contribution in [3.8, 4) is 0 Å². The molecule has 2 saturated carbocycles. The second-order valence-corrected chi connectivity index (χ2v) is 16.8. The van der Waals surface area contributed by atoms with Crippen LogP contribution in [0.4, 0.5) is 0 Å². The molecule has 3 aliphatic carbocycles. The number of Topliss-reactive ketones (excluding diaryl/α,β-unsaturated/α-hetero) is 1. The summed E-state index contributed by atoms with van der Waals surface area (Å²) in [5, 5.41) is 28.5. The van der Waals surface area contributed by atoms with E-state index in [1.165, 1.54) is 38.4 Å². The number of esters is 4. The summed E-state index contributed by atoms with van der Waals surface area (Å²) in [5.41, 5.74) is -6.53. The van der Waals surface area contributed by atoms with Crippen molar-refractivity contribution in [1.29, 1.82) is 0 Å². The number of aliphatic hydroxyl groups is 2. The van der Waals surface area contributed by atoms with Crippen LogP contribution in [0.3, 0.4) is 0 Å². The Labute approximate surface area is 352 Å². The molecule has 0 unspecified atom stereocenters. The second kappa shape index (κ2) is 16.1. The molecule has 2 heterocycles. The molecule has 3 N–H and O–H groups in total. The van der Waals surface area contributed by atoms with Crippen molar-refractivity contribution in [2.75, 3.05) is 6.61 Å². The number of hydrogen-bond acceptors (Lipinski definition) is 14. The smallest absolute Gasteiger partial charge is 0.338 e. The van der Waals surface area contributed by atoms with E-state index in [1.54, 1.807) is 81.4 Å². The molecule has 1 saturated heterocycles. The largest absolute Gasteiger partial charge is 0.455 e. The summed E-state index contributed by atoms with van der Waals surface area (Å²) in [5.74, 6) is -6.37. The van der Waals surface area contributed by atoms with Crippen LogP contribution >= 0.6 is 0 Å². The van der Waals surface area contributed by atoms with Crippen molar-refractivity contribution < 1.29 is 62.7 Å². The van der Waals surface area contributed by atoms with Gasteiger partial charge in [0, 0.05) is 61.7 Å². The number of ether oxygens (including phenoxy) is 5. The maximum Gasteiger partial charge on any atom is 0.338 e. The molecule has 9 atom stereocenters. The van der Waals surface area contributed by atoms with Crippen LogP contribution in [0, 0.1) is 16.7 Å². The zero-order valence-electron chi connectivity index (χ0n) is 34.6. The molecular weight excluding hydrogens is 789 g/mol. The van der Waals surface area contributed by atoms with Gasteiger partial charge in [-0.2, -0.15) is 0 Å². The molecule has 2 aromatic carbocycles. The zero-order chi connectivity index (χ0) is 44.1. The van der Waals surface area contributed by atoms with Crippen LogP contribution in [0.5, 0.6) is 0 Å². The summed E-state index contributed by atoms with van der Waals surface area (Å²) in [4.78, 5) is 87.1.